The van der Waals surface area contributed by atoms with Crippen molar-refractivity contribution in [1.29, 1.82) is 5.41 Å². The van der Waals surface area contributed by atoms with E-state index in [-0.39, 0.29) is 35.0 Å². The van der Waals surface area contributed by atoms with Crippen LogP contribution in [0.5, 0.6) is 11.5 Å². The molecule has 200 valence electrons. The maximum Gasteiger partial charge on any atom is 0.350 e. The molecule has 1 aromatic carbocycles. The van der Waals surface area contributed by atoms with E-state index in [4.69, 9.17) is 15.9 Å². The first-order valence-corrected chi connectivity index (χ1v) is 15.1. The lowest BCUT2D eigenvalue weighted by atomic mass is 9.87. The van der Waals surface area contributed by atoms with Crippen LogP contribution in [0, 0.1) is 11.3 Å². The van der Waals surface area contributed by atoms with Crippen LogP contribution in [0.4, 0.5) is 11.5 Å². The molecule has 2 aliphatic heterocycles. The molecule has 0 bridgehead atoms. The number of anilines is 2. The van der Waals surface area contributed by atoms with Gasteiger partial charge in [-0.05, 0) is 87.6 Å². The molecule has 37 heavy (non-hydrogen) atoms. The van der Waals surface area contributed by atoms with Crippen LogP contribution >= 0.6 is 0 Å². The minimum atomic E-state index is -3.18. The number of amidine groups is 1. The molecule has 2 fully saturated rings. The number of ether oxygens (including phenoxy) is 1. The Morgan fingerprint density at radius 3 is 2.62 bits per heavy atom. The molecular formula is C26H36N6O4S. The predicted molar refractivity (Wildman–Crippen MR) is 144 cm³/mol. The quantitative estimate of drug-likeness (QED) is 0.256. The third-order valence-corrected chi connectivity index (χ3v) is 9.70. The van der Waals surface area contributed by atoms with Crippen LogP contribution in [0.25, 0.3) is 0 Å². The fraction of sp³-hybridized carbons (Fsp3) is 0.577. The lowest BCUT2D eigenvalue weighted by Gasteiger charge is -2.30. The second-order valence-corrected chi connectivity index (χ2v) is 12.8. The Balaban J connectivity index is 1.22. The summed E-state index contributed by atoms with van der Waals surface area (Å²) in [6.07, 6.45) is 7.56. The van der Waals surface area contributed by atoms with Crippen molar-refractivity contribution in [3.63, 3.8) is 0 Å². The molecule has 3 aliphatic rings. The van der Waals surface area contributed by atoms with Crippen molar-refractivity contribution in [1.82, 2.24) is 14.9 Å². The van der Waals surface area contributed by atoms with E-state index in [1.165, 1.54) is 5.56 Å². The summed E-state index contributed by atoms with van der Waals surface area (Å²) in [5, 5.41) is 13.9. The molecule has 0 unspecified atom stereocenters. The van der Waals surface area contributed by atoms with Gasteiger partial charge in [-0.15, -0.1) is 0 Å². The van der Waals surface area contributed by atoms with Crippen LogP contribution in [0.1, 0.15) is 68.9 Å². The Hall–Kier alpha value is -2.92. The number of benzene rings is 1. The van der Waals surface area contributed by atoms with Crippen LogP contribution in [0.3, 0.4) is 0 Å². The summed E-state index contributed by atoms with van der Waals surface area (Å²) in [7, 11) is -3.18. The van der Waals surface area contributed by atoms with Gasteiger partial charge in [-0.25, -0.2) is 13.2 Å². The third kappa shape index (κ3) is 6.15. The fourth-order valence-electron chi connectivity index (χ4n) is 5.78. The summed E-state index contributed by atoms with van der Waals surface area (Å²) >= 11 is 0. The van der Waals surface area contributed by atoms with Gasteiger partial charge in [0, 0.05) is 12.5 Å². The maximum absolute atomic E-state index is 12.9. The second-order valence-electron chi connectivity index (χ2n) is 10.6. The van der Waals surface area contributed by atoms with Gasteiger partial charge in [0.05, 0.1) is 29.2 Å². The van der Waals surface area contributed by atoms with Gasteiger partial charge in [-0.2, -0.15) is 4.98 Å². The van der Waals surface area contributed by atoms with Crippen molar-refractivity contribution in [3.8, 4) is 11.5 Å². The van der Waals surface area contributed by atoms with Gasteiger partial charge >= 0.3 is 5.69 Å². The lowest BCUT2D eigenvalue weighted by molar-refractivity contribution is 0.281. The number of piperidine rings is 1. The van der Waals surface area contributed by atoms with E-state index in [0.717, 1.165) is 63.1 Å². The first-order valence-electron chi connectivity index (χ1n) is 13.2. The molecule has 5 N–H and O–H groups in total. The Kier molecular flexibility index (Phi) is 7.52. The van der Waals surface area contributed by atoms with Crippen molar-refractivity contribution < 1.29 is 13.2 Å². The van der Waals surface area contributed by atoms with Gasteiger partial charge in [0.25, 0.3) is 0 Å². The molecule has 3 heterocycles. The predicted octanol–water partition coefficient (Wildman–Crippen LogP) is 3.42. The molecule has 1 saturated heterocycles. The molecule has 5 rings (SSSR count). The molecule has 1 aromatic heterocycles. The third-order valence-electron chi connectivity index (χ3n) is 7.81. The average molecular weight is 529 g/mol. The van der Waals surface area contributed by atoms with Crippen molar-refractivity contribution in [2.24, 2.45) is 11.7 Å². The first kappa shape index (κ1) is 25.7. The molecule has 0 radical (unpaired) electrons. The van der Waals surface area contributed by atoms with Crippen LogP contribution in [0.2, 0.25) is 0 Å². The molecule has 11 heteroatoms. The van der Waals surface area contributed by atoms with Gasteiger partial charge in [-0.1, -0.05) is 6.07 Å². The van der Waals surface area contributed by atoms with Crippen LogP contribution in [-0.2, 0) is 9.84 Å². The summed E-state index contributed by atoms with van der Waals surface area (Å²) in [6, 6.07) is 6.19. The highest BCUT2D eigenvalue weighted by Gasteiger charge is 2.29. The number of fused-ring (bicyclic) bond motifs is 2. The second kappa shape index (κ2) is 10.8. The zero-order valence-corrected chi connectivity index (χ0v) is 21.9. The molecule has 2 aromatic rings. The van der Waals surface area contributed by atoms with Gasteiger partial charge in [0.1, 0.15) is 0 Å². The standard InChI is InChI=1S/C26H36N6O4S/c27-24(28)2-1-13-37(34,35)16-17-3-6-20(7-4-17)32-15-23-25(31-26(32)33)30-21-14-19(5-8-22(21)36-23)18-9-11-29-12-10-18/h5,8,14-15,17-18,20,29H,1-4,6-7,9-13,16H2,(H3,27,28)(H,30,31,33). The maximum atomic E-state index is 12.9. The monoisotopic (exact) mass is 528 g/mol. The molecular weight excluding hydrogens is 492 g/mol. The van der Waals surface area contributed by atoms with E-state index < -0.39 is 9.84 Å². The molecule has 0 spiro atoms. The van der Waals surface area contributed by atoms with Crippen LogP contribution in [-0.4, -0.2) is 48.4 Å². The topological polar surface area (TPSA) is 152 Å². The van der Waals surface area contributed by atoms with E-state index in [9.17, 15) is 13.2 Å². The summed E-state index contributed by atoms with van der Waals surface area (Å²) in [6.45, 7) is 2.04. The summed E-state index contributed by atoms with van der Waals surface area (Å²) in [4.78, 5) is 17.2. The number of nitrogens with one attached hydrogen (secondary N) is 3. The normalized spacial score (nSPS) is 21.8. The largest absolute Gasteiger partial charge is 0.450 e. The smallest absolute Gasteiger partial charge is 0.350 e. The highest BCUT2D eigenvalue weighted by molar-refractivity contribution is 7.91. The SMILES string of the molecule is N=C(N)CCCS(=O)(=O)CC1CCC(n2cc3c(nc2=O)Nc2cc(C4CCNCC4)ccc2O3)CC1. The highest BCUT2D eigenvalue weighted by Crippen LogP contribution is 2.43. The summed E-state index contributed by atoms with van der Waals surface area (Å²) < 4.78 is 32.7. The molecule has 0 atom stereocenters. The van der Waals surface area contributed by atoms with E-state index >= 15 is 0 Å². The van der Waals surface area contributed by atoms with E-state index in [1.54, 1.807) is 10.8 Å². The molecule has 1 aliphatic carbocycles. The number of hydrogen-bond donors (Lipinski definition) is 4. The molecule has 10 nitrogen and oxygen atoms in total. The number of aromatic nitrogens is 2. The fourth-order valence-corrected chi connectivity index (χ4v) is 7.58. The number of rotatable bonds is 8. The van der Waals surface area contributed by atoms with E-state index in [2.05, 4.69) is 27.8 Å². The van der Waals surface area contributed by atoms with Gasteiger partial charge < -0.3 is 21.1 Å². The summed E-state index contributed by atoms with van der Waals surface area (Å²) in [5.74, 6) is 2.50. The summed E-state index contributed by atoms with van der Waals surface area (Å²) in [5.41, 5.74) is 7.10. The minimum absolute atomic E-state index is 0.0180. The number of nitrogens with zero attached hydrogens (tertiary/aromatic N) is 2. The average Bonchev–Trinajstić information content (AvgIpc) is 2.87. The Bertz CT molecular complexity index is 1310. The lowest BCUT2D eigenvalue weighted by Crippen LogP contribution is -2.32. The van der Waals surface area contributed by atoms with E-state index in [1.807, 2.05) is 6.07 Å². The first-order chi connectivity index (χ1) is 17.8. The van der Waals surface area contributed by atoms with Crippen LogP contribution in [0.15, 0.2) is 29.2 Å². The van der Waals surface area contributed by atoms with Crippen molar-refractivity contribution in [2.75, 3.05) is 29.9 Å². The highest BCUT2D eigenvalue weighted by atomic mass is 32.2. The van der Waals surface area contributed by atoms with Crippen LogP contribution < -0.4 is 26.8 Å². The van der Waals surface area contributed by atoms with Crippen molar-refractivity contribution >= 4 is 27.2 Å². The Labute approximate surface area is 217 Å². The molecule has 1 saturated carbocycles. The molecule has 0 amide bonds. The van der Waals surface area contributed by atoms with Crippen molar-refractivity contribution in [2.45, 2.75) is 63.3 Å². The zero-order chi connectivity index (χ0) is 26.0. The number of hydrogen-bond acceptors (Lipinski definition) is 8. The van der Waals surface area contributed by atoms with Gasteiger partial charge in [0.2, 0.25) is 0 Å². The Morgan fingerprint density at radius 1 is 1.14 bits per heavy atom. The Morgan fingerprint density at radius 2 is 1.89 bits per heavy atom. The van der Waals surface area contributed by atoms with Gasteiger partial charge in [-0.3, -0.25) is 9.98 Å². The number of nitrogens with two attached hydrogens (primary N) is 1. The van der Waals surface area contributed by atoms with E-state index in [0.29, 0.717) is 30.3 Å². The van der Waals surface area contributed by atoms with Gasteiger partial charge in [0.15, 0.2) is 27.2 Å². The minimum Gasteiger partial charge on any atom is -0.450 e. The van der Waals surface area contributed by atoms with Crippen molar-refractivity contribution in [3.05, 3.63) is 40.4 Å². The number of sulfone groups is 1. The zero-order valence-electron chi connectivity index (χ0n) is 21.0.